The van der Waals surface area contributed by atoms with Crippen molar-refractivity contribution in [1.82, 2.24) is 10.2 Å². The van der Waals surface area contributed by atoms with Gasteiger partial charge in [-0.25, -0.2) is 0 Å². The molecule has 0 saturated carbocycles. The molecule has 0 aliphatic carbocycles. The van der Waals surface area contributed by atoms with Crippen molar-refractivity contribution in [2.45, 2.75) is 16.1 Å². The zero-order valence-corrected chi connectivity index (χ0v) is 23.8. The topological polar surface area (TPSA) is 92.6 Å². The summed E-state index contributed by atoms with van der Waals surface area (Å²) in [6.45, 7) is 0. The largest absolute Gasteiger partial charge is 0.507 e. The Morgan fingerprint density at radius 1 is 1.11 bits per heavy atom. The molecule has 0 spiro atoms. The van der Waals surface area contributed by atoms with Crippen LogP contribution in [0.2, 0.25) is 5.02 Å². The number of amides is 1. The van der Waals surface area contributed by atoms with Crippen molar-refractivity contribution in [3.63, 3.8) is 0 Å². The van der Waals surface area contributed by atoms with E-state index in [1.807, 2.05) is 30.3 Å². The minimum Gasteiger partial charge on any atom is -0.507 e. The number of aliphatic hydroxyl groups is 1. The van der Waals surface area contributed by atoms with Gasteiger partial charge in [0.2, 0.25) is 5.13 Å². The first-order chi connectivity index (χ1) is 18.4. The van der Waals surface area contributed by atoms with Crippen LogP contribution in [0.5, 0.6) is 5.75 Å². The molecule has 1 aliphatic rings. The first-order valence-electron chi connectivity index (χ1n) is 11.3. The molecule has 11 heteroatoms. The van der Waals surface area contributed by atoms with E-state index in [4.69, 9.17) is 16.3 Å². The summed E-state index contributed by atoms with van der Waals surface area (Å²) >= 11 is 12.4. The van der Waals surface area contributed by atoms with Crippen LogP contribution in [-0.4, -0.2) is 34.1 Å². The van der Waals surface area contributed by atoms with Crippen molar-refractivity contribution in [3.8, 4) is 5.75 Å². The van der Waals surface area contributed by atoms with Crippen LogP contribution in [0.4, 0.5) is 5.13 Å². The van der Waals surface area contributed by atoms with E-state index in [0.717, 1.165) is 10.0 Å². The lowest BCUT2D eigenvalue weighted by Crippen LogP contribution is -2.29. The first kappa shape index (κ1) is 26.4. The second-order valence-electron chi connectivity index (χ2n) is 8.18. The zero-order chi connectivity index (χ0) is 26.8. The number of aromatic nitrogens is 2. The summed E-state index contributed by atoms with van der Waals surface area (Å²) in [4.78, 5) is 28.0. The highest BCUT2D eigenvalue weighted by Gasteiger charge is 2.48. The molecule has 1 saturated heterocycles. The maximum Gasteiger partial charge on any atom is 0.301 e. The van der Waals surface area contributed by atoms with Crippen LogP contribution in [0, 0.1) is 0 Å². The molecule has 1 fully saturated rings. The van der Waals surface area contributed by atoms with E-state index in [1.165, 1.54) is 35.1 Å². The van der Waals surface area contributed by atoms with Crippen LogP contribution in [0.25, 0.3) is 5.76 Å². The van der Waals surface area contributed by atoms with E-state index in [2.05, 4.69) is 26.1 Å². The fourth-order valence-electron chi connectivity index (χ4n) is 4.04. The molecule has 1 N–H and O–H groups in total. The molecule has 4 aromatic rings. The second-order valence-corrected chi connectivity index (χ2v) is 11.7. The number of benzene rings is 3. The maximum atomic E-state index is 13.4. The number of anilines is 1. The SMILES string of the molecule is COc1ccc(/C(O)=C2/C(=O)C(=O)N(c3nnc(SCc4ccccc4Cl)s3)C2c2cccc(Br)c2)cc1. The maximum absolute atomic E-state index is 13.4. The van der Waals surface area contributed by atoms with Crippen LogP contribution < -0.4 is 9.64 Å². The molecular formula is C27H19BrClN3O4S2. The van der Waals surface area contributed by atoms with Gasteiger partial charge in [0.1, 0.15) is 11.5 Å². The van der Waals surface area contributed by atoms with E-state index >= 15 is 0 Å². The predicted molar refractivity (Wildman–Crippen MR) is 153 cm³/mol. The number of rotatable bonds is 7. The molecule has 192 valence electrons. The number of carbonyl (C=O) groups is 2. The molecule has 5 rings (SSSR count). The first-order valence-corrected chi connectivity index (χ1v) is 14.2. The fourth-order valence-corrected chi connectivity index (χ4v) is 6.61. The number of ketones is 1. The Balaban J connectivity index is 1.54. The second kappa shape index (κ2) is 11.3. The molecule has 1 atom stereocenters. The van der Waals surface area contributed by atoms with Crippen LogP contribution in [-0.2, 0) is 15.3 Å². The van der Waals surface area contributed by atoms with Crippen LogP contribution in [0.3, 0.4) is 0 Å². The summed E-state index contributed by atoms with van der Waals surface area (Å²) < 4.78 is 6.57. The van der Waals surface area contributed by atoms with Gasteiger partial charge in [0.05, 0.1) is 18.7 Å². The highest BCUT2D eigenvalue weighted by Crippen LogP contribution is 2.44. The quantitative estimate of drug-likeness (QED) is 0.0784. The molecule has 0 radical (unpaired) electrons. The van der Waals surface area contributed by atoms with Gasteiger partial charge in [-0.3, -0.25) is 14.5 Å². The van der Waals surface area contributed by atoms with Crippen molar-refractivity contribution in [2.75, 3.05) is 12.0 Å². The molecule has 1 unspecified atom stereocenters. The molecular weight excluding hydrogens is 610 g/mol. The number of hydrogen-bond acceptors (Lipinski definition) is 8. The molecule has 1 aliphatic heterocycles. The standard InChI is InChI=1S/C27H19BrClN3O4S2/c1-36-19-11-9-15(10-12-19)23(33)21-22(16-6-4-7-18(28)13-16)32(25(35)24(21)34)26-30-31-27(38-26)37-14-17-5-2-3-8-20(17)29/h2-13,22,33H,14H2,1H3/b23-21-. The predicted octanol–water partition coefficient (Wildman–Crippen LogP) is 6.88. The molecule has 1 aromatic heterocycles. The lowest BCUT2D eigenvalue weighted by Gasteiger charge is -2.22. The summed E-state index contributed by atoms with van der Waals surface area (Å²) in [5.74, 6) is -0.704. The Bertz CT molecular complexity index is 1560. The molecule has 2 heterocycles. The number of carbonyl (C=O) groups excluding carboxylic acids is 2. The van der Waals surface area contributed by atoms with Gasteiger partial charge in [-0.05, 0) is 53.6 Å². The highest BCUT2D eigenvalue weighted by atomic mass is 79.9. The van der Waals surface area contributed by atoms with Gasteiger partial charge in [-0.2, -0.15) is 0 Å². The van der Waals surface area contributed by atoms with E-state index in [1.54, 1.807) is 42.5 Å². The average Bonchev–Trinajstić information content (AvgIpc) is 3.50. The minimum absolute atomic E-state index is 0.0289. The van der Waals surface area contributed by atoms with Gasteiger partial charge in [-0.15, -0.1) is 10.2 Å². The molecule has 7 nitrogen and oxygen atoms in total. The van der Waals surface area contributed by atoms with E-state index in [-0.39, 0.29) is 16.5 Å². The smallest absolute Gasteiger partial charge is 0.301 e. The number of nitrogens with zero attached hydrogens (tertiary/aromatic N) is 3. The zero-order valence-electron chi connectivity index (χ0n) is 19.8. The van der Waals surface area contributed by atoms with Crippen LogP contribution >= 0.6 is 50.6 Å². The van der Waals surface area contributed by atoms with Crippen molar-refractivity contribution in [2.24, 2.45) is 0 Å². The normalized spacial score (nSPS) is 16.7. The molecule has 38 heavy (non-hydrogen) atoms. The number of Topliss-reactive ketones (excluding diaryl/α,β-unsaturated/α-hetero) is 1. The summed E-state index contributed by atoms with van der Waals surface area (Å²) in [5.41, 5.74) is 1.94. The van der Waals surface area contributed by atoms with E-state index in [9.17, 15) is 14.7 Å². The van der Waals surface area contributed by atoms with E-state index < -0.39 is 17.7 Å². The monoisotopic (exact) mass is 627 g/mol. The van der Waals surface area contributed by atoms with Gasteiger partial charge in [0.15, 0.2) is 4.34 Å². The summed E-state index contributed by atoms with van der Waals surface area (Å²) in [7, 11) is 1.54. The molecule has 0 bridgehead atoms. The Labute approximate surface area is 240 Å². The van der Waals surface area contributed by atoms with E-state index in [0.29, 0.717) is 32.0 Å². The lowest BCUT2D eigenvalue weighted by atomic mass is 9.95. The number of halogens is 2. The number of hydrogen-bond donors (Lipinski definition) is 1. The Kier molecular flexibility index (Phi) is 7.85. The summed E-state index contributed by atoms with van der Waals surface area (Å²) in [6.07, 6.45) is 0. The van der Waals surface area contributed by atoms with Crippen molar-refractivity contribution < 1.29 is 19.4 Å². The number of ether oxygens (including phenoxy) is 1. The average molecular weight is 629 g/mol. The van der Waals surface area contributed by atoms with Crippen LogP contribution in [0.15, 0.2) is 87.2 Å². The van der Waals surface area contributed by atoms with Crippen molar-refractivity contribution in [1.29, 1.82) is 0 Å². The number of methoxy groups -OCH3 is 1. The molecule has 3 aromatic carbocycles. The number of aliphatic hydroxyl groups excluding tert-OH is 1. The third kappa shape index (κ3) is 5.22. The minimum atomic E-state index is -0.899. The third-order valence-corrected chi connectivity index (χ3v) is 8.85. The van der Waals surface area contributed by atoms with Gasteiger partial charge < -0.3 is 9.84 Å². The number of thioether (sulfide) groups is 1. The molecule has 1 amide bonds. The Hall–Kier alpha value is -3.18. The Morgan fingerprint density at radius 2 is 1.87 bits per heavy atom. The van der Waals surface area contributed by atoms with Gasteiger partial charge >= 0.3 is 5.91 Å². The third-order valence-electron chi connectivity index (χ3n) is 5.88. The van der Waals surface area contributed by atoms with Gasteiger partial charge in [-0.1, -0.05) is 81.0 Å². The van der Waals surface area contributed by atoms with Crippen LogP contribution in [0.1, 0.15) is 22.7 Å². The summed E-state index contributed by atoms with van der Waals surface area (Å²) in [5, 5.41) is 20.6. The lowest BCUT2D eigenvalue weighted by molar-refractivity contribution is -0.132. The van der Waals surface area contributed by atoms with Crippen molar-refractivity contribution in [3.05, 3.63) is 105 Å². The van der Waals surface area contributed by atoms with Gasteiger partial charge in [0.25, 0.3) is 5.78 Å². The van der Waals surface area contributed by atoms with Gasteiger partial charge in [0, 0.05) is 20.8 Å². The van der Waals surface area contributed by atoms with Crippen molar-refractivity contribution >= 4 is 73.2 Å². The fraction of sp³-hybridized carbons (Fsp3) is 0.111. The highest BCUT2D eigenvalue weighted by molar-refractivity contribution is 9.10. The summed E-state index contributed by atoms with van der Waals surface area (Å²) in [6, 6.07) is 20.5. The Morgan fingerprint density at radius 3 is 2.58 bits per heavy atom.